The highest BCUT2D eigenvalue weighted by molar-refractivity contribution is 5.88. The van der Waals surface area contributed by atoms with Gasteiger partial charge < -0.3 is 19.5 Å². The van der Waals surface area contributed by atoms with E-state index in [1.165, 1.54) is 14.0 Å². The standard InChI is InChI=1S/C16H21NO5/c1-10(18)17-16(15(19)22-4)8-7-11-12(9-16)14(21-3)6-5-13(11)20-2/h5-6H,7-9H2,1-4H3,(H,17,18). The quantitative estimate of drug-likeness (QED) is 0.847. The highest BCUT2D eigenvalue weighted by atomic mass is 16.5. The number of fused-ring (bicyclic) bond motifs is 1. The average Bonchev–Trinajstić information content (AvgIpc) is 2.52. The average molecular weight is 307 g/mol. The number of rotatable bonds is 4. The van der Waals surface area contributed by atoms with Crippen molar-refractivity contribution in [1.29, 1.82) is 0 Å². The summed E-state index contributed by atoms with van der Waals surface area (Å²) in [6.07, 6.45) is 1.36. The number of esters is 1. The van der Waals surface area contributed by atoms with E-state index in [2.05, 4.69) is 5.32 Å². The third-order valence-electron chi connectivity index (χ3n) is 4.06. The van der Waals surface area contributed by atoms with Crippen LogP contribution in [0.5, 0.6) is 11.5 Å². The fourth-order valence-corrected chi connectivity index (χ4v) is 3.09. The Bertz CT molecular complexity index is 598. The Morgan fingerprint density at radius 3 is 2.18 bits per heavy atom. The summed E-state index contributed by atoms with van der Waals surface area (Å²) in [5.41, 5.74) is 0.812. The van der Waals surface area contributed by atoms with Crippen LogP contribution in [-0.4, -0.2) is 38.7 Å². The second-order valence-corrected chi connectivity index (χ2v) is 5.36. The van der Waals surface area contributed by atoms with Crippen molar-refractivity contribution in [2.75, 3.05) is 21.3 Å². The van der Waals surface area contributed by atoms with E-state index in [-0.39, 0.29) is 5.91 Å². The van der Waals surface area contributed by atoms with Crippen molar-refractivity contribution < 1.29 is 23.8 Å². The molecule has 1 aromatic rings. The Balaban J connectivity index is 2.51. The maximum absolute atomic E-state index is 12.3. The van der Waals surface area contributed by atoms with Crippen molar-refractivity contribution in [3.63, 3.8) is 0 Å². The molecule has 6 heteroatoms. The first kappa shape index (κ1) is 16.1. The number of carbonyl (C=O) groups excluding carboxylic acids is 2. The lowest BCUT2D eigenvalue weighted by atomic mass is 9.77. The van der Waals surface area contributed by atoms with Crippen LogP contribution in [0.2, 0.25) is 0 Å². The summed E-state index contributed by atoms with van der Waals surface area (Å²) in [4.78, 5) is 23.8. The topological polar surface area (TPSA) is 73.9 Å². The molecule has 0 heterocycles. The first-order chi connectivity index (χ1) is 10.5. The maximum Gasteiger partial charge on any atom is 0.331 e. The van der Waals surface area contributed by atoms with Gasteiger partial charge >= 0.3 is 5.97 Å². The first-order valence-corrected chi connectivity index (χ1v) is 7.07. The number of amides is 1. The smallest absolute Gasteiger partial charge is 0.331 e. The van der Waals surface area contributed by atoms with Gasteiger partial charge in [-0.1, -0.05) is 0 Å². The van der Waals surface area contributed by atoms with Gasteiger partial charge in [0, 0.05) is 24.5 Å². The van der Waals surface area contributed by atoms with Gasteiger partial charge in [-0.05, 0) is 25.0 Å². The van der Waals surface area contributed by atoms with Crippen LogP contribution < -0.4 is 14.8 Å². The predicted octanol–water partition coefficient (Wildman–Crippen LogP) is 1.24. The Morgan fingerprint density at radius 1 is 1.09 bits per heavy atom. The van der Waals surface area contributed by atoms with E-state index in [0.717, 1.165) is 16.9 Å². The van der Waals surface area contributed by atoms with E-state index in [1.54, 1.807) is 20.3 Å². The second kappa shape index (κ2) is 6.25. The molecule has 0 saturated carbocycles. The molecule has 6 nitrogen and oxygen atoms in total. The normalized spacial score (nSPS) is 19.8. The van der Waals surface area contributed by atoms with E-state index in [0.29, 0.717) is 25.0 Å². The van der Waals surface area contributed by atoms with E-state index in [1.807, 2.05) is 6.07 Å². The fraction of sp³-hybridized carbons (Fsp3) is 0.500. The number of carbonyl (C=O) groups is 2. The molecule has 1 unspecified atom stereocenters. The lowest BCUT2D eigenvalue weighted by molar-refractivity contribution is -0.151. The number of hydrogen-bond acceptors (Lipinski definition) is 5. The molecule has 0 spiro atoms. The molecule has 1 N–H and O–H groups in total. The minimum atomic E-state index is -1.06. The van der Waals surface area contributed by atoms with Crippen LogP contribution >= 0.6 is 0 Å². The Hall–Kier alpha value is -2.24. The zero-order chi connectivity index (χ0) is 16.3. The third kappa shape index (κ3) is 2.73. The maximum atomic E-state index is 12.3. The number of methoxy groups -OCH3 is 3. The molecule has 1 aliphatic carbocycles. The second-order valence-electron chi connectivity index (χ2n) is 5.36. The molecule has 120 valence electrons. The summed E-state index contributed by atoms with van der Waals surface area (Å²) in [6.45, 7) is 1.39. The largest absolute Gasteiger partial charge is 0.496 e. The van der Waals surface area contributed by atoms with Crippen molar-refractivity contribution in [3.8, 4) is 11.5 Å². The van der Waals surface area contributed by atoms with E-state index in [4.69, 9.17) is 14.2 Å². The van der Waals surface area contributed by atoms with Gasteiger partial charge in [-0.25, -0.2) is 4.79 Å². The molecular formula is C16H21NO5. The molecular weight excluding hydrogens is 286 g/mol. The van der Waals surface area contributed by atoms with Crippen LogP contribution in [-0.2, 0) is 27.2 Å². The summed E-state index contributed by atoms with van der Waals surface area (Å²) in [5.74, 6) is 0.722. The molecule has 22 heavy (non-hydrogen) atoms. The van der Waals surface area contributed by atoms with Crippen molar-refractivity contribution >= 4 is 11.9 Å². The van der Waals surface area contributed by atoms with Gasteiger partial charge in [-0.2, -0.15) is 0 Å². The van der Waals surface area contributed by atoms with Crippen LogP contribution in [0.3, 0.4) is 0 Å². The third-order valence-corrected chi connectivity index (χ3v) is 4.06. The Labute approximate surface area is 129 Å². The number of ether oxygens (including phenoxy) is 3. The van der Waals surface area contributed by atoms with Crippen LogP contribution in [0, 0.1) is 0 Å². The molecule has 1 aromatic carbocycles. The Kier molecular flexibility index (Phi) is 4.59. The van der Waals surface area contributed by atoms with Gasteiger partial charge in [0.15, 0.2) is 0 Å². The van der Waals surface area contributed by atoms with Crippen LogP contribution in [0.25, 0.3) is 0 Å². The van der Waals surface area contributed by atoms with Gasteiger partial charge in [-0.3, -0.25) is 4.79 Å². The van der Waals surface area contributed by atoms with Crippen molar-refractivity contribution in [3.05, 3.63) is 23.3 Å². The number of nitrogens with one attached hydrogen (secondary N) is 1. The summed E-state index contributed by atoms with van der Waals surface area (Å²) < 4.78 is 15.7. The van der Waals surface area contributed by atoms with E-state index < -0.39 is 11.5 Å². The Morgan fingerprint density at radius 2 is 1.68 bits per heavy atom. The molecule has 0 radical (unpaired) electrons. The van der Waals surface area contributed by atoms with Gasteiger partial charge in [0.25, 0.3) is 0 Å². The predicted molar refractivity (Wildman–Crippen MR) is 80.1 cm³/mol. The van der Waals surface area contributed by atoms with E-state index >= 15 is 0 Å². The molecule has 0 aliphatic heterocycles. The highest BCUT2D eigenvalue weighted by Crippen LogP contribution is 2.39. The molecule has 0 bridgehead atoms. The molecule has 2 rings (SSSR count). The SMILES string of the molecule is COC(=O)C1(NC(C)=O)CCc2c(OC)ccc(OC)c2C1. The molecule has 0 saturated heterocycles. The van der Waals surface area contributed by atoms with Crippen molar-refractivity contribution in [1.82, 2.24) is 5.32 Å². The van der Waals surface area contributed by atoms with Gasteiger partial charge in [-0.15, -0.1) is 0 Å². The van der Waals surface area contributed by atoms with E-state index in [9.17, 15) is 9.59 Å². The van der Waals surface area contributed by atoms with Crippen LogP contribution in [0.1, 0.15) is 24.5 Å². The molecule has 1 aliphatic rings. The summed E-state index contributed by atoms with van der Waals surface area (Å²) in [6, 6.07) is 3.65. The minimum absolute atomic E-state index is 0.268. The zero-order valence-electron chi connectivity index (χ0n) is 13.3. The van der Waals surface area contributed by atoms with Crippen molar-refractivity contribution in [2.24, 2.45) is 0 Å². The molecule has 0 aromatic heterocycles. The molecule has 1 amide bonds. The number of benzene rings is 1. The first-order valence-electron chi connectivity index (χ1n) is 7.07. The van der Waals surface area contributed by atoms with Crippen molar-refractivity contribution in [2.45, 2.75) is 31.7 Å². The van der Waals surface area contributed by atoms with Gasteiger partial charge in [0.2, 0.25) is 5.91 Å². The van der Waals surface area contributed by atoms with Crippen LogP contribution in [0.15, 0.2) is 12.1 Å². The van der Waals surface area contributed by atoms with Crippen LogP contribution in [0.4, 0.5) is 0 Å². The molecule has 1 atom stereocenters. The lowest BCUT2D eigenvalue weighted by Gasteiger charge is -2.37. The summed E-state index contributed by atoms with van der Waals surface area (Å²) in [5, 5.41) is 2.77. The van der Waals surface area contributed by atoms with Gasteiger partial charge in [0.1, 0.15) is 17.0 Å². The van der Waals surface area contributed by atoms with Gasteiger partial charge in [0.05, 0.1) is 21.3 Å². The summed E-state index contributed by atoms with van der Waals surface area (Å²) in [7, 11) is 4.51. The lowest BCUT2D eigenvalue weighted by Crippen LogP contribution is -2.57. The fourth-order valence-electron chi connectivity index (χ4n) is 3.09. The molecule has 0 fully saturated rings. The zero-order valence-corrected chi connectivity index (χ0v) is 13.3. The monoisotopic (exact) mass is 307 g/mol. The minimum Gasteiger partial charge on any atom is -0.496 e. The highest BCUT2D eigenvalue weighted by Gasteiger charge is 2.44. The number of hydrogen-bond donors (Lipinski definition) is 1. The summed E-state index contributed by atoms with van der Waals surface area (Å²) >= 11 is 0.